The zero-order valence-corrected chi connectivity index (χ0v) is 26.2. The van der Waals surface area contributed by atoms with Crippen LogP contribution in [0.1, 0.15) is 36.8 Å². The maximum Gasteiger partial charge on any atom is 0.338 e. The monoisotopic (exact) mass is 667 g/mol. The van der Waals surface area contributed by atoms with Crippen molar-refractivity contribution in [2.45, 2.75) is 26.8 Å². The number of hydrogen-bond acceptors (Lipinski definition) is 10. The van der Waals surface area contributed by atoms with Gasteiger partial charge in [-0.25, -0.2) is 9.79 Å². The van der Waals surface area contributed by atoms with Crippen molar-refractivity contribution in [2.24, 2.45) is 4.99 Å². The maximum absolute atomic E-state index is 14.0. The molecule has 11 nitrogen and oxygen atoms in total. The molecule has 0 saturated heterocycles. The van der Waals surface area contributed by atoms with Gasteiger partial charge in [-0.05, 0) is 62.2 Å². The Morgan fingerprint density at radius 2 is 1.88 bits per heavy atom. The molecule has 0 unspecified atom stereocenters. The lowest BCUT2D eigenvalue weighted by Crippen LogP contribution is -2.40. The molecule has 5 rings (SSSR count). The molecule has 0 aliphatic carbocycles. The van der Waals surface area contributed by atoms with E-state index >= 15 is 0 Å². The average Bonchev–Trinajstić information content (AvgIpc) is 3.56. The molecule has 2 aromatic carbocycles. The molecule has 222 valence electrons. The molecule has 0 N–H and O–H groups in total. The number of allylic oxidation sites excluding steroid dienone is 1. The van der Waals surface area contributed by atoms with E-state index in [9.17, 15) is 19.7 Å². The molecule has 43 heavy (non-hydrogen) atoms. The normalized spacial score (nSPS) is 14.7. The number of carbonyl (C=O) groups excluding carboxylic acids is 1. The highest BCUT2D eigenvalue weighted by Crippen LogP contribution is 2.41. The Bertz CT molecular complexity index is 1990. The molecule has 0 saturated carbocycles. The highest BCUT2D eigenvalue weighted by atomic mass is 79.9. The highest BCUT2D eigenvalue weighted by molar-refractivity contribution is 9.10. The van der Waals surface area contributed by atoms with Crippen LogP contribution in [0.2, 0.25) is 0 Å². The Balaban J connectivity index is 1.66. The number of furan rings is 1. The van der Waals surface area contributed by atoms with E-state index in [2.05, 4.69) is 20.9 Å². The third-order valence-electron chi connectivity index (χ3n) is 6.90. The van der Waals surface area contributed by atoms with Gasteiger partial charge < -0.3 is 18.6 Å². The summed E-state index contributed by atoms with van der Waals surface area (Å²) >= 11 is 4.75. The first-order valence-electron chi connectivity index (χ1n) is 13.0. The summed E-state index contributed by atoms with van der Waals surface area (Å²) in [5.74, 6) is 1.21. The van der Waals surface area contributed by atoms with Crippen LogP contribution >= 0.6 is 27.3 Å². The van der Waals surface area contributed by atoms with Crippen LogP contribution in [-0.2, 0) is 9.53 Å². The first-order chi connectivity index (χ1) is 20.6. The van der Waals surface area contributed by atoms with Crippen LogP contribution in [0.15, 0.2) is 72.4 Å². The van der Waals surface area contributed by atoms with Crippen molar-refractivity contribution in [1.82, 2.24) is 4.57 Å². The van der Waals surface area contributed by atoms with Crippen LogP contribution in [0, 0.1) is 17.0 Å². The van der Waals surface area contributed by atoms with E-state index in [0.717, 1.165) is 11.3 Å². The Labute approximate surface area is 257 Å². The summed E-state index contributed by atoms with van der Waals surface area (Å²) in [6, 6.07) is 10.5. The van der Waals surface area contributed by atoms with E-state index in [1.807, 2.05) is 0 Å². The Hall–Kier alpha value is -4.49. The minimum absolute atomic E-state index is 0.0118. The Kier molecular flexibility index (Phi) is 8.38. The number of nitrogens with zero attached hydrogens (tertiary/aromatic N) is 3. The van der Waals surface area contributed by atoms with Gasteiger partial charge in [-0.15, -0.1) is 0 Å². The lowest BCUT2D eigenvalue weighted by Gasteiger charge is -2.26. The van der Waals surface area contributed by atoms with Crippen LogP contribution in [0.25, 0.3) is 17.4 Å². The van der Waals surface area contributed by atoms with Gasteiger partial charge in [-0.1, -0.05) is 27.3 Å². The number of hydrogen-bond donors (Lipinski definition) is 0. The molecule has 2 aromatic heterocycles. The average molecular weight is 669 g/mol. The first-order valence-corrected chi connectivity index (χ1v) is 14.6. The van der Waals surface area contributed by atoms with E-state index in [1.165, 1.54) is 30.9 Å². The van der Waals surface area contributed by atoms with Gasteiger partial charge in [0.15, 0.2) is 16.3 Å². The minimum Gasteiger partial charge on any atom is -0.493 e. The number of benzene rings is 2. The number of aryl methyl sites for hydroxylation is 1. The van der Waals surface area contributed by atoms with Crippen LogP contribution in [-0.4, -0.2) is 36.3 Å². The molecule has 1 atom stereocenters. The molecule has 13 heteroatoms. The number of fused-ring (bicyclic) bond motifs is 1. The number of ether oxygens (including phenoxy) is 3. The standard InChI is InChI=1S/C30H26BrN3O8S/c1-6-41-29(36)26-16(3)32-30-33(27(26)20-13-23(39-4)24(40-5)14-21(20)31)28(35)25(43-30)12-18-8-10-22(42-18)19-9-7-17(34(37)38)11-15(19)2/h7-14,27H,6H2,1-5H3/b25-12-/t27-/m1/s1. The molecular formula is C30H26BrN3O8S. The van der Waals surface area contributed by atoms with Crippen molar-refractivity contribution in [2.75, 3.05) is 20.8 Å². The largest absolute Gasteiger partial charge is 0.493 e. The van der Waals surface area contributed by atoms with E-state index in [-0.39, 0.29) is 23.4 Å². The molecule has 0 amide bonds. The van der Waals surface area contributed by atoms with Crippen molar-refractivity contribution in [3.8, 4) is 22.8 Å². The van der Waals surface area contributed by atoms with Crippen molar-refractivity contribution in [1.29, 1.82) is 0 Å². The summed E-state index contributed by atoms with van der Waals surface area (Å²) in [4.78, 5) is 42.9. The fraction of sp³-hybridized carbons (Fsp3) is 0.233. The van der Waals surface area contributed by atoms with Crippen LogP contribution < -0.4 is 24.4 Å². The maximum atomic E-state index is 14.0. The number of rotatable bonds is 8. The topological polar surface area (TPSA) is 135 Å². The smallest absolute Gasteiger partial charge is 0.338 e. The molecular weight excluding hydrogens is 642 g/mol. The number of carbonyl (C=O) groups is 1. The van der Waals surface area contributed by atoms with Gasteiger partial charge in [-0.2, -0.15) is 0 Å². The van der Waals surface area contributed by atoms with Gasteiger partial charge in [-0.3, -0.25) is 19.5 Å². The Morgan fingerprint density at radius 1 is 1.16 bits per heavy atom. The van der Waals surface area contributed by atoms with E-state index in [1.54, 1.807) is 57.2 Å². The molecule has 0 bridgehead atoms. The van der Waals surface area contributed by atoms with Gasteiger partial charge in [0.25, 0.3) is 11.2 Å². The van der Waals surface area contributed by atoms with Crippen molar-refractivity contribution in [3.63, 3.8) is 0 Å². The molecule has 1 aliphatic rings. The summed E-state index contributed by atoms with van der Waals surface area (Å²) in [7, 11) is 3.02. The van der Waals surface area contributed by atoms with E-state index in [0.29, 0.717) is 59.2 Å². The summed E-state index contributed by atoms with van der Waals surface area (Å²) in [5.41, 5.74) is 2.21. The molecule has 4 aromatic rings. The van der Waals surface area contributed by atoms with Gasteiger partial charge in [0.2, 0.25) is 0 Å². The second kappa shape index (κ2) is 12.0. The van der Waals surface area contributed by atoms with Crippen LogP contribution in [0.5, 0.6) is 11.5 Å². The number of thiazole rings is 1. The van der Waals surface area contributed by atoms with Crippen molar-refractivity contribution in [3.05, 3.63) is 105 Å². The number of halogens is 1. The number of methoxy groups -OCH3 is 2. The fourth-order valence-electron chi connectivity index (χ4n) is 4.91. The number of aromatic nitrogens is 1. The highest BCUT2D eigenvalue weighted by Gasteiger charge is 2.35. The zero-order chi connectivity index (χ0) is 31.0. The third kappa shape index (κ3) is 5.53. The molecule has 0 spiro atoms. The number of nitro benzene ring substituents is 1. The van der Waals surface area contributed by atoms with Crippen LogP contribution in [0.4, 0.5) is 5.69 Å². The van der Waals surface area contributed by atoms with Crippen molar-refractivity contribution < 1.29 is 28.3 Å². The predicted molar refractivity (Wildman–Crippen MR) is 163 cm³/mol. The predicted octanol–water partition coefficient (Wildman–Crippen LogP) is 5.05. The van der Waals surface area contributed by atoms with Gasteiger partial charge in [0.1, 0.15) is 11.5 Å². The second-order valence-corrected chi connectivity index (χ2v) is 11.4. The lowest BCUT2D eigenvalue weighted by molar-refractivity contribution is -0.384. The Morgan fingerprint density at radius 3 is 2.53 bits per heavy atom. The molecule has 0 radical (unpaired) electrons. The van der Waals surface area contributed by atoms with E-state index < -0.39 is 16.9 Å². The summed E-state index contributed by atoms with van der Waals surface area (Å²) < 4.78 is 24.7. The zero-order valence-electron chi connectivity index (χ0n) is 23.8. The summed E-state index contributed by atoms with van der Waals surface area (Å²) in [6.07, 6.45) is 1.61. The second-order valence-electron chi connectivity index (χ2n) is 9.49. The molecule has 3 heterocycles. The summed E-state index contributed by atoms with van der Waals surface area (Å²) in [5, 5.41) is 11.1. The van der Waals surface area contributed by atoms with E-state index in [4.69, 9.17) is 18.6 Å². The van der Waals surface area contributed by atoms with Crippen LogP contribution in [0.3, 0.4) is 0 Å². The SMILES string of the molecule is CCOC(=O)C1=C(C)N=c2s/c(=C\c3ccc(-c4ccc([N+](=O)[O-])cc4C)o3)c(=O)n2[C@@H]1c1cc(OC)c(OC)cc1Br. The molecule has 0 fully saturated rings. The molecule has 1 aliphatic heterocycles. The number of esters is 1. The van der Waals surface area contributed by atoms with Crippen molar-refractivity contribution >= 4 is 45.0 Å². The summed E-state index contributed by atoms with van der Waals surface area (Å²) in [6.45, 7) is 5.32. The first kappa shape index (κ1) is 30.0. The third-order valence-corrected chi connectivity index (χ3v) is 8.57. The van der Waals surface area contributed by atoms with Gasteiger partial charge in [0, 0.05) is 28.2 Å². The van der Waals surface area contributed by atoms with Gasteiger partial charge in [0.05, 0.1) is 47.6 Å². The number of nitro groups is 1. The quantitative estimate of drug-likeness (QED) is 0.145. The fourth-order valence-corrected chi connectivity index (χ4v) is 6.47. The van der Waals surface area contributed by atoms with Gasteiger partial charge >= 0.3 is 5.97 Å². The lowest BCUT2D eigenvalue weighted by atomic mass is 9.95. The minimum atomic E-state index is -0.874. The number of non-ortho nitro benzene ring substituents is 1.